The first-order valence-electron chi connectivity index (χ1n) is 17.6. The van der Waals surface area contributed by atoms with Gasteiger partial charge in [0.05, 0.1) is 62.0 Å². The normalized spacial score (nSPS) is 21.5. The Bertz CT molecular complexity index is 1790. The number of fused-ring (bicyclic) bond motifs is 4. The molecule has 4 heterocycles. The van der Waals surface area contributed by atoms with Gasteiger partial charge in [-0.3, -0.25) is 9.59 Å². The number of methoxy groups -OCH3 is 2. The molecular weight excluding hydrogens is 716 g/mol. The Kier molecular flexibility index (Phi) is 11.4. The minimum absolute atomic E-state index is 0.0616. The van der Waals surface area contributed by atoms with E-state index in [0.29, 0.717) is 12.8 Å². The second-order valence-electron chi connectivity index (χ2n) is 13.3. The van der Waals surface area contributed by atoms with Crippen molar-refractivity contribution in [3.63, 3.8) is 0 Å². The number of carbonyl (C=O) groups is 4. The second kappa shape index (κ2) is 16.2. The van der Waals surface area contributed by atoms with Crippen LogP contribution in [0, 0.1) is 0 Å². The van der Waals surface area contributed by atoms with Crippen molar-refractivity contribution in [3.05, 3.63) is 85.0 Å². The summed E-state index contributed by atoms with van der Waals surface area (Å²) in [6, 6.07) is 4.31. The maximum atomic E-state index is 13.8. The molecule has 6 rings (SSSR count). The van der Waals surface area contributed by atoms with Gasteiger partial charge >= 0.3 is 12.2 Å². The largest absolute Gasteiger partial charge is 0.493 e. The number of benzene rings is 2. The van der Waals surface area contributed by atoms with E-state index in [9.17, 15) is 29.4 Å². The van der Waals surface area contributed by atoms with Gasteiger partial charge in [-0.1, -0.05) is 49.6 Å². The lowest BCUT2D eigenvalue weighted by atomic mass is 10.1. The first-order chi connectivity index (χ1) is 26.4. The molecule has 4 amide bonds. The molecule has 4 aliphatic rings. The smallest absolute Gasteiger partial charge is 0.416 e. The highest BCUT2D eigenvalue weighted by Gasteiger charge is 2.48. The molecule has 292 valence electrons. The zero-order valence-electron chi connectivity index (χ0n) is 30.7. The first kappa shape index (κ1) is 38.7. The van der Waals surface area contributed by atoms with E-state index >= 15 is 0 Å². The molecule has 16 nitrogen and oxygen atoms in total. The Morgan fingerprint density at radius 1 is 0.709 bits per heavy atom. The van der Waals surface area contributed by atoms with E-state index < -0.39 is 48.5 Å². The van der Waals surface area contributed by atoms with Crippen LogP contribution >= 0.6 is 0 Å². The predicted molar refractivity (Wildman–Crippen MR) is 199 cm³/mol. The number of hydrogen-bond donors (Lipinski definition) is 2. The van der Waals surface area contributed by atoms with E-state index in [2.05, 4.69) is 26.3 Å². The van der Waals surface area contributed by atoms with Crippen molar-refractivity contribution in [1.82, 2.24) is 9.80 Å². The van der Waals surface area contributed by atoms with Gasteiger partial charge in [0.15, 0.2) is 35.5 Å². The van der Waals surface area contributed by atoms with Crippen molar-refractivity contribution in [2.75, 3.05) is 63.5 Å². The molecule has 2 saturated heterocycles. The fourth-order valence-corrected chi connectivity index (χ4v) is 7.19. The number of rotatable bonds is 12. The van der Waals surface area contributed by atoms with Crippen LogP contribution in [0.25, 0.3) is 0 Å². The Hall–Kier alpha value is -6.00. The summed E-state index contributed by atoms with van der Waals surface area (Å²) in [6.45, 7) is 15.4. The molecule has 2 aromatic rings. The molecule has 0 aromatic heterocycles. The Morgan fingerprint density at radius 2 is 1.11 bits per heavy atom. The number of nitrogens with zero attached hydrogens (tertiary/aromatic N) is 4. The van der Waals surface area contributed by atoms with Gasteiger partial charge in [-0.25, -0.2) is 19.4 Å². The van der Waals surface area contributed by atoms with Gasteiger partial charge in [0, 0.05) is 31.6 Å². The number of aliphatic hydroxyl groups is 2. The molecule has 0 bridgehead atoms. The summed E-state index contributed by atoms with van der Waals surface area (Å²) in [4.78, 5) is 59.1. The quantitative estimate of drug-likeness (QED) is 0.235. The molecule has 0 aliphatic carbocycles. The lowest BCUT2D eigenvalue weighted by Crippen LogP contribution is -2.50. The number of carbonyl (C=O) groups excluding carboxylic acids is 4. The summed E-state index contributed by atoms with van der Waals surface area (Å²) in [5.74, 6) is -0.0554. The summed E-state index contributed by atoms with van der Waals surface area (Å²) < 4.78 is 33.9. The van der Waals surface area contributed by atoms with Crippen molar-refractivity contribution < 1.29 is 57.8 Å². The van der Waals surface area contributed by atoms with Crippen LogP contribution in [-0.2, 0) is 9.47 Å². The van der Waals surface area contributed by atoms with Crippen molar-refractivity contribution >= 4 is 35.4 Å². The molecule has 2 N–H and O–H groups in total. The summed E-state index contributed by atoms with van der Waals surface area (Å²) in [5, 5.41) is 22.9. The molecule has 4 aliphatic heterocycles. The van der Waals surface area contributed by atoms with Gasteiger partial charge in [-0.2, -0.15) is 0 Å². The third-order valence-electron chi connectivity index (χ3n) is 9.71. The lowest BCUT2D eigenvalue weighted by Gasteiger charge is -2.31. The highest BCUT2D eigenvalue weighted by Crippen LogP contribution is 2.44. The molecule has 2 fully saturated rings. The molecule has 2 aromatic carbocycles. The second-order valence-corrected chi connectivity index (χ2v) is 13.3. The van der Waals surface area contributed by atoms with E-state index in [-0.39, 0.29) is 91.4 Å². The molecule has 0 spiro atoms. The molecular formula is C39H44N4O12. The summed E-state index contributed by atoms with van der Waals surface area (Å²) >= 11 is 0. The average molecular weight is 761 g/mol. The van der Waals surface area contributed by atoms with E-state index in [1.54, 1.807) is 0 Å². The Morgan fingerprint density at radius 3 is 1.47 bits per heavy atom. The van der Waals surface area contributed by atoms with Crippen LogP contribution in [0.2, 0.25) is 0 Å². The molecule has 16 heteroatoms. The van der Waals surface area contributed by atoms with Gasteiger partial charge in [0.1, 0.15) is 13.2 Å². The maximum absolute atomic E-state index is 13.8. The van der Waals surface area contributed by atoms with Crippen LogP contribution in [-0.4, -0.2) is 122 Å². The maximum Gasteiger partial charge on any atom is 0.416 e. The molecule has 0 radical (unpaired) electrons. The summed E-state index contributed by atoms with van der Waals surface area (Å²) in [5.41, 5.74) is 1.83. The summed E-state index contributed by atoms with van der Waals surface area (Å²) in [6.07, 6.45) is -0.992. The van der Waals surface area contributed by atoms with E-state index in [0.717, 1.165) is 20.9 Å². The minimum Gasteiger partial charge on any atom is -0.493 e. The van der Waals surface area contributed by atoms with Crippen LogP contribution in [0.4, 0.5) is 21.0 Å². The van der Waals surface area contributed by atoms with Crippen molar-refractivity contribution in [3.8, 4) is 23.0 Å². The lowest BCUT2D eigenvalue weighted by molar-refractivity contribution is 0.0495. The highest BCUT2D eigenvalue weighted by molar-refractivity contribution is 6.07. The van der Waals surface area contributed by atoms with E-state index in [1.165, 1.54) is 60.4 Å². The SMILES string of the molecule is C=CCOC(=O)N1c2cc(OCCCOc3cc4c(cc3OC)C(=O)N3CC(=C)C[C@H]3[C@H](O)N4C(=O)OCC=C)c(OC)cc2C(=O)N2CC(=C)C[C@H]2[C@@H]1O. The average Bonchev–Trinajstić information content (AvgIpc) is 3.74. The van der Waals surface area contributed by atoms with Gasteiger partial charge in [-0.15, -0.1) is 0 Å². The van der Waals surface area contributed by atoms with Gasteiger partial charge in [-0.05, 0) is 25.0 Å². The Labute approximate surface area is 318 Å². The fraction of sp³-hybridized carbons (Fsp3) is 0.385. The molecule has 55 heavy (non-hydrogen) atoms. The monoisotopic (exact) mass is 760 g/mol. The third-order valence-corrected chi connectivity index (χ3v) is 9.71. The topological polar surface area (TPSA) is 177 Å². The van der Waals surface area contributed by atoms with Crippen LogP contribution in [0.3, 0.4) is 0 Å². The zero-order valence-corrected chi connectivity index (χ0v) is 30.7. The molecule has 0 unspecified atom stereocenters. The van der Waals surface area contributed by atoms with Crippen LogP contribution < -0.4 is 28.7 Å². The Balaban J connectivity index is 1.22. The van der Waals surface area contributed by atoms with Crippen LogP contribution in [0.15, 0.2) is 73.9 Å². The summed E-state index contributed by atoms with van der Waals surface area (Å²) in [7, 11) is 2.82. The minimum atomic E-state index is -1.44. The van der Waals surface area contributed by atoms with Gasteiger partial charge in [0.25, 0.3) is 11.8 Å². The van der Waals surface area contributed by atoms with E-state index in [1.807, 2.05) is 0 Å². The number of aliphatic hydroxyl groups excluding tert-OH is 2. The third kappa shape index (κ3) is 7.29. The van der Waals surface area contributed by atoms with Crippen molar-refractivity contribution in [2.24, 2.45) is 0 Å². The van der Waals surface area contributed by atoms with Crippen molar-refractivity contribution in [2.45, 2.75) is 43.8 Å². The first-order valence-corrected chi connectivity index (χ1v) is 17.6. The number of amides is 4. The fourth-order valence-electron chi connectivity index (χ4n) is 7.19. The number of anilines is 2. The highest BCUT2D eigenvalue weighted by atomic mass is 16.6. The van der Waals surface area contributed by atoms with Crippen molar-refractivity contribution in [1.29, 1.82) is 0 Å². The van der Waals surface area contributed by atoms with Gasteiger partial charge in [0.2, 0.25) is 0 Å². The van der Waals surface area contributed by atoms with Gasteiger partial charge < -0.3 is 48.4 Å². The molecule has 0 saturated carbocycles. The number of ether oxygens (including phenoxy) is 6. The zero-order chi connectivity index (χ0) is 39.6. The van der Waals surface area contributed by atoms with Crippen LogP contribution in [0.1, 0.15) is 40.0 Å². The van der Waals surface area contributed by atoms with Crippen LogP contribution in [0.5, 0.6) is 23.0 Å². The standard InChI is InChI=1S/C39H44N4O12/c1-7-10-54-38(48)42-26-18-32(30(50-5)16-24(26)34(44)40-20-22(3)14-28(40)36(42)46)52-12-9-13-53-33-19-27-25(17-31(33)51-6)35(45)41-21-23(4)15-29(41)37(47)43(27)39(49)55-11-8-2/h7-8,16-19,28-29,36-37,46-47H,1-4,9-15,20-21H2,5-6H3/t28-,29-,36-,37-/m0/s1. The predicted octanol–water partition coefficient (Wildman–Crippen LogP) is 4.02. The number of hydrogen-bond acceptors (Lipinski definition) is 12. The van der Waals surface area contributed by atoms with E-state index in [4.69, 9.17) is 28.4 Å². The molecule has 4 atom stereocenters.